The van der Waals surface area contributed by atoms with Crippen molar-refractivity contribution >= 4 is 29.2 Å². The third-order valence-electron chi connectivity index (χ3n) is 3.85. The third kappa shape index (κ3) is 2.34. The molecule has 1 aliphatic rings. The van der Waals surface area contributed by atoms with Crippen LogP contribution in [0.3, 0.4) is 0 Å². The lowest BCUT2D eigenvalue weighted by molar-refractivity contribution is 0.00578. The maximum absolute atomic E-state index is 11.7. The summed E-state index contributed by atoms with van der Waals surface area (Å²) in [6, 6.07) is 0. The zero-order chi connectivity index (χ0) is 15.1. The first-order valence-electron chi connectivity index (χ1n) is 6.33. The molecule has 1 aliphatic heterocycles. The summed E-state index contributed by atoms with van der Waals surface area (Å²) in [5, 5.41) is 1.70. The van der Waals surface area contributed by atoms with Crippen molar-refractivity contribution in [2.45, 2.75) is 38.9 Å². The number of hydrogen-bond acceptors (Lipinski definition) is 6. The fourth-order valence-electron chi connectivity index (χ4n) is 1.94. The van der Waals surface area contributed by atoms with E-state index in [9.17, 15) is 4.79 Å². The Kier molecular flexibility index (Phi) is 3.88. The highest BCUT2D eigenvalue weighted by molar-refractivity contribution is 7.21. The number of ether oxygens (including phenoxy) is 2. The monoisotopic (exact) mass is 298 g/mol. The van der Waals surface area contributed by atoms with Gasteiger partial charge in [0.25, 0.3) is 0 Å². The van der Waals surface area contributed by atoms with Gasteiger partial charge >= 0.3 is 13.1 Å². The van der Waals surface area contributed by atoms with Crippen LogP contribution in [0, 0.1) is 0 Å². The van der Waals surface area contributed by atoms with E-state index in [-0.39, 0.29) is 0 Å². The van der Waals surface area contributed by atoms with E-state index in [2.05, 4.69) is 0 Å². The molecular weight excluding hydrogens is 279 g/mol. The van der Waals surface area contributed by atoms with E-state index >= 15 is 0 Å². The molecule has 0 aromatic carbocycles. The van der Waals surface area contributed by atoms with Crippen LogP contribution in [0.15, 0.2) is 5.38 Å². The number of hydrogen-bond donors (Lipinski definition) is 0. The Morgan fingerprint density at radius 2 is 1.75 bits per heavy atom. The SMILES string of the molecule is COC(=O)c1csc(B2OC(C)(C)C(C)(C)O2)c1OC. The first-order chi connectivity index (χ1) is 9.23. The summed E-state index contributed by atoms with van der Waals surface area (Å²) in [6.07, 6.45) is 0. The predicted molar refractivity (Wildman–Crippen MR) is 77.9 cm³/mol. The van der Waals surface area contributed by atoms with Gasteiger partial charge in [-0.3, -0.25) is 0 Å². The minimum absolute atomic E-state index is 0.393. The highest BCUT2D eigenvalue weighted by Crippen LogP contribution is 2.38. The Hall–Kier alpha value is -1.05. The van der Waals surface area contributed by atoms with Crippen LogP contribution in [0.2, 0.25) is 0 Å². The van der Waals surface area contributed by atoms with Crippen molar-refractivity contribution in [3.8, 4) is 5.75 Å². The molecule has 2 heterocycles. The van der Waals surface area contributed by atoms with E-state index < -0.39 is 24.3 Å². The van der Waals surface area contributed by atoms with Crippen LogP contribution < -0.4 is 9.51 Å². The molecule has 0 amide bonds. The van der Waals surface area contributed by atoms with Crippen LogP contribution in [0.5, 0.6) is 5.75 Å². The van der Waals surface area contributed by atoms with Crippen LogP contribution in [0.4, 0.5) is 0 Å². The molecule has 0 spiro atoms. The van der Waals surface area contributed by atoms with Crippen LogP contribution >= 0.6 is 11.3 Å². The van der Waals surface area contributed by atoms with Gasteiger partial charge in [-0.15, -0.1) is 11.3 Å². The van der Waals surface area contributed by atoms with E-state index in [4.69, 9.17) is 18.8 Å². The fraction of sp³-hybridized carbons (Fsp3) is 0.615. The number of thiophene rings is 1. The van der Waals surface area contributed by atoms with Gasteiger partial charge in [0, 0.05) is 5.38 Å². The molecule has 7 heteroatoms. The van der Waals surface area contributed by atoms with E-state index in [0.717, 1.165) is 4.78 Å². The molecule has 1 aromatic heterocycles. The highest BCUT2D eigenvalue weighted by atomic mass is 32.1. The van der Waals surface area contributed by atoms with E-state index in [0.29, 0.717) is 11.3 Å². The van der Waals surface area contributed by atoms with Gasteiger partial charge < -0.3 is 18.8 Å². The first kappa shape index (κ1) is 15.3. The molecule has 1 aromatic rings. The van der Waals surface area contributed by atoms with Crippen LogP contribution in [0.1, 0.15) is 38.1 Å². The molecule has 0 N–H and O–H groups in total. The Balaban J connectivity index is 2.36. The summed E-state index contributed by atoms with van der Waals surface area (Å²) in [5.41, 5.74) is -0.472. The summed E-state index contributed by atoms with van der Waals surface area (Å²) < 4.78 is 22.8. The molecular formula is C13H19BO5S. The predicted octanol–water partition coefficient (Wildman–Crippen LogP) is 1.84. The highest BCUT2D eigenvalue weighted by Gasteiger charge is 2.53. The maximum Gasteiger partial charge on any atom is 0.509 e. The normalized spacial score (nSPS) is 20.0. The topological polar surface area (TPSA) is 54.0 Å². The summed E-state index contributed by atoms with van der Waals surface area (Å²) >= 11 is 1.37. The summed E-state index contributed by atoms with van der Waals surface area (Å²) in [5.74, 6) is 0.0289. The minimum atomic E-state index is -0.543. The lowest BCUT2D eigenvalue weighted by atomic mass is 9.86. The molecule has 1 fully saturated rings. The van der Waals surface area contributed by atoms with Crippen LogP contribution in [-0.4, -0.2) is 38.5 Å². The van der Waals surface area contributed by atoms with Gasteiger partial charge in [0.2, 0.25) is 0 Å². The number of carbonyl (C=O) groups excluding carboxylic acids is 1. The van der Waals surface area contributed by atoms with Gasteiger partial charge in [0.05, 0.1) is 30.2 Å². The minimum Gasteiger partial charge on any atom is -0.495 e. The summed E-state index contributed by atoms with van der Waals surface area (Å²) in [7, 11) is 2.32. The van der Waals surface area contributed by atoms with Crippen molar-refractivity contribution in [3.63, 3.8) is 0 Å². The second-order valence-electron chi connectivity index (χ2n) is 5.63. The summed E-state index contributed by atoms with van der Waals surface area (Å²) in [4.78, 5) is 11.7. The zero-order valence-corrected chi connectivity index (χ0v) is 13.4. The lowest BCUT2D eigenvalue weighted by Crippen LogP contribution is -2.41. The largest absolute Gasteiger partial charge is 0.509 e. The van der Waals surface area contributed by atoms with Gasteiger partial charge in [0.1, 0.15) is 11.3 Å². The van der Waals surface area contributed by atoms with E-state index in [1.807, 2.05) is 27.7 Å². The van der Waals surface area contributed by atoms with E-state index in [1.165, 1.54) is 25.6 Å². The average molecular weight is 298 g/mol. The molecule has 0 radical (unpaired) electrons. The van der Waals surface area contributed by atoms with Crippen molar-refractivity contribution in [2.75, 3.05) is 14.2 Å². The standard InChI is InChI=1S/C13H19BO5S/c1-12(2)13(3,4)19-14(18-12)10-9(16-5)8(7-20-10)11(15)17-6/h7H,1-6H3. The van der Waals surface area contributed by atoms with E-state index in [1.54, 1.807) is 5.38 Å². The van der Waals surface area contributed by atoms with Crippen LogP contribution in [0.25, 0.3) is 0 Å². The number of esters is 1. The second kappa shape index (κ2) is 5.05. The molecule has 0 bridgehead atoms. The molecule has 0 unspecified atom stereocenters. The third-order valence-corrected chi connectivity index (χ3v) is 4.83. The van der Waals surface area contributed by atoms with Gasteiger partial charge in [-0.2, -0.15) is 0 Å². The molecule has 0 atom stereocenters. The molecule has 110 valence electrons. The molecule has 0 saturated carbocycles. The first-order valence-corrected chi connectivity index (χ1v) is 7.21. The Morgan fingerprint density at radius 3 is 2.20 bits per heavy atom. The number of rotatable bonds is 3. The summed E-state index contributed by atoms with van der Waals surface area (Å²) in [6.45, 7) is 7.92. The van der Waals surface area contributed by atoms with Crippen molar-refractivity contribution in [1.82, 2.24) is 0 Å². The lowest BCUT2D eigenvalue weighted by Gasteiger charge is -2.32. The van der Waals surface area contributed by atoms with Crippen molar-refractivity contribution in [1.29, 1.82) is 0 Å². The van der Waals surface area contributed by atoms with Crippen LogP contribution in [-0.2, 0) is 14.0 Å². The zero-order valence-electron chi connectivity index (χ0n) is 12.6. The molecule has 5 nitrogen and oxygen atoms in total. The quantitative estimate of drug-likeness (QED) is 0.629. The maximum atomic E-state index is 11.7. The van der Waals surface area contributed by atoms with Crippen molar-refractivity contribution in [2.24, 2.45) is 0 Å². The number of methoxy groups -OCH3 is 2. The molecule has 1 saturated heterocycles. The average Bonchev–Trinajstić information content (AvgIpc) is 2.87. The molecule has 20 heavy (non-hydrogen) atoms. The Bertz CT molecular complexity index is 507. The van der Waals surface area contributed by atoms with Crippen molar-refractivity contribution in [3.05, 3.63) is 10.9 Å². The molecule has 0 aliphatic carbocycles. The molecule has 2 rings (SSSR count). The Labute approximate surface area is 123 Å². The Morgan fingerprint density at radius 1 is 1.20 bits per heavy atom. The smallest absolute Gasteiger partial charge is 0.495 e. The fourth-order valence-corrected chi connectivity index (χ4v) is 2.89. The number of carbonyl (C=O) groups is 1. The van der Waals surface area contributed by atoms with Gasteiger partial charge in [-0.25, -0.2) is 4.79 Å². The van der Waals surface area contributed by atoms with Gasteiger partial charge in [-0.1, -0.05) is 0 Å². The second-order valence-corrected chi connectivity index (χ2v) is 6.54. The van der Waals surface area contributed by atoms with Gasteiger partial charge in [0.15, 0.2) is 0 Å². The van der Waals surface area contributed by atoms with Gasteiger partial charge in [-0.05, 0) is 27.7 Å². The van der Waals surface area contributed by atoms with Crippen molar-refractivity contribution < 1.29 is 23.6 Å².